The number of hydrogen-bond acceptors (Lipinski definition) is 6. The molecule has 0 saturated carbocycles. The largest absolute Gasteiger partial charge is 0.467 e. The summed E-state index contributed by atoms with van der Waals surface area (Å²) < 4.78 is 10.1. The number of fused-ring (bicyclic) bond motifs is 1. The molecule has 2 aromatic carbocycles. The number of para-hydroxylation sites is 1. The van der Waals surface area contributed by atoms with Gasteiger partial charge in [0.2, 0.25) is 0 Å². The topological polar surface area (TPSA) is 84.9 Å². The molecule has 0 saturated heterocycles. The smallest absolute Gasteiger partial charge is 0.340 e. The lowest BCUT2D eigenvalue weighted by Gasteiger charge is -2.35. The standard InChI is InChI=1S/C21H22N2O5/c1-22-17-10-6-5-9-16(17)20(25)28-13-19(24)23-12-15-8-4-3-7-14(15)11-18(23)21(26)27-2/h3-10,18,22H,11-13H2,1-2H3/t18-/m1/s1. The maximum Gasteiger partial charge on any atom is 0.340 e. The van der Waals surface area contributed by atoms with Gasteiger partial charge in [-0.15, -0.1) is 0 Å². The molecule has 1 heterocycles. The average Bonchev–Trinajstić information content (AvgIpc) is 2.75. The van der Waals surface area contributed by atoms with Crippen molar-refractivity contribution in [2.45, 2.75) is 19.0 Å². The molecule has 3 rings (SSSR count). The van der Waals surface area contributed by atoms with Gasteiger partial charge in [0.25, 0.3) is 5.91 Å². The highest BCUT2D eigenvalue weighted by Gasteiger charge is 2.35. The highest BCUT2D eigenvalue weighted by atomic mass is 16.5. The Balaban J connectivity index is 1.73. The van der Waals surface area contributed by atoms with Gasteiger partial charge in [-0.2, -0.15) is 0 Å². The van der Waals surface area contributed by atoms with Gasteiger partial charge in [-0.3, -0.25) is 4.79 Å². The molecule has 2 aromatic rings. The number of methoxy groups -OCH3 is 1. The SMILES string of the molecule is CNc1ccccc1C(=O)OCC(=O)N1Cc2ccccc2C[C@@H]1C(=O)OC. The lowest BCUT2D eigenvalue weighted by Crippen LogP contribution is -2.50. The Hall–Kier alpha value is -3.35. The zero-order valence-corrected chi connectivity index (χ0v) is 15.8. The minimum Gasteiger partial charge on any atom is -0.467 e. The number of rotatable bonds is 5. The number of ether oxygens (including phenoxy) is 2. The minimum absolute atomic E-state index is 0.263. The van der Waals surface area contributed by atoms with Crippen LogP contribution in [0.25, 0.3) is 0 Å². The first-order chi connectivity index (χ1) is 13.5. The van der Waals surface area contributed by atoms with Gasteiger partial charge in [-0.05, 0) is 23.3 Å². The molecule has 0 aromatic heterocycles. The van der Waals surface area contributed by atoms with Crippen molar-refractivity contribution in [3.05, 3.63) is 65.2 Å². The Kier molecular flexibility index (Phi) is 5.93. The van der Waals surface area contributed by atoms with Crippen molar-refractivity contribution in [1.29, 1.82) is 0 Å². The number of carbonyl (C=O) groups excluding carboxylic acids is 3. The number of esters is 2. The van der Waals surface area contributed by atoms with E-state index in [0.717, 1.165) is 11.1 Å². The van der Waals surface area contributed by atoms with Gasteiger partial charge in [0.1, 0.15) is 6.04 Å². The Morgan fingerprint density at radius 1 is 1.07 bits per heavy atom. The second-order valence-electron chi connectivity index (χ2n) is 6.41. The number of hydrogen-bond donors (Lipinski definition) is 1. The van der Waals surface area contributed by atoms with Gasteiger partial charge in [0.05, 0.1) is 12.7 Å². The quantitative estimate of drug-likeness (QED) is 0.797. The summed E-state index contributed by atoms with van der Waals surface area (Å²) in [6.45, 7) is -0.189. The van der Waals surface area contributed by atoms with E-state index in [1.165, 1.54) is 12.0 Å². The molecule has 1 N–H and O–H groups in total. The third-order valence-corrected chi connectivity index (χ3v) is 4.79. The molecule has 7 heteroatoms. The molecule has 1 aliphatic rings. The van der Waals surface area contributed by atoms with Crippen LogP contribution in [0, 0.1) is 0 Å². The van der Waals surface area contributed by atoms with Gasteiger partial charge in [-0.1, -0.05) is 36.4 Å². The summed E-state index contributed by atoms with van der Waals surface area (Å²) in [7, 11) is 2.99. The van der Waals surface area contributed by atoms with Crippen molar-refractivity contribution in [2.75, 3.05) is 26.1 Å². The summed E-state index contributed by atoms with van der Waals surface area (Å²) >= 11 is 0. The highest BCUT2D eigenvalue weighted by Crippen LogP contribution is 2.24. The molecule has 1 atom stereocenters. The van der Waals surface area contributed by atoms with E-state index in [4.69, 9.17) is 9.47 Å². The molecule has 0 radical (unpaired) electrons. The van der Waals surface area contributed by atoms with Crippen LogP contribution in [0.4, 0.5) is 5.69 Å². The van der Waals surface area contributed by atoms with E-state index in [-0.39, 0.29) is 6.54 Å². The van der Waals surface area contributed by atoms with Gasteiger partial charge >= 0.3 is 11.9 Å². The zero-order valence-electron chi connectivity index (χ0n) is 15.8. The molecule has 0 bridgehead atoms. The zero-order chi connectivity index (χ0) is 20.1. The number of nitrogens with one attached hydrogen (secondary N) is 1. The van der Waals surface area contributed by atoms with Crippen LogP contribution in [-0.2, 0) is 32.0 Å². The van der Waals surface area contributed by atoms with E-state index in [0.29, 0.717) is 17.7 Å². The van der Waals surface area contributed by atoms with Crippen LogP contribution in [0.3, 0.4) is 0 Å². The lowest BCUT2D eigenvalue weighted by atomic mass is 9.94. The van der Waals surface area contributed by atoms with Crippen LogP contribution in [0.5, 0.6) is 0 Å². The normalized spacial score (nSPS) is 15.4. The van der Waals surface area contributed by atoms with E-state index in [9.17, 15) is 14.4 Å². The number of nitrogens with zero attached hydrogens (tertiary/aromatic N) is 1. The molecular weight excluding hydrogens is 360 g/mol. The maximum atomic E-state index is 12.8. The maximum absolute atomic E-state index is 12.8. The molecular formula is C21H22N2O5. The van der Waals surface area contributed by atoms with Crippen LogP contribution in [0.15, 0.2) is 48.5 Å². The number of carbonyl (C=O) groups is 3. The fraction of sp³-hybridized carbons (Fsp3) is 0.286. The fourth-order valence-corrected chi connectivity index (χ4v) is 3.30. The Labute approximate surface area is 163 Å². The van der Waals surface area contributed by atoms with Crippen LogP contribution in [-0.4, -0.2) is 49.6 Å². The van der Waals surface area contributed by atoms with Crippen molar-refractivity contribution in [3.63, 3.8) is 0 Å². The van der Waals surface area contributed by atoms with Crippen molar-refractivity contribution in [1.82, 2.24) is 4.90 Å². The van der Waals surface area contributed by atoms with Gasteiger partial charge < -0.3 is 19.7 Å². The summed E-state index contributed by atoms with van der Waals surface area (Å²) in [6, 6.07) is 13.8. The van der Waals surface area contributed by atoms with E-state index in [2.05, 4.69) is 5.32 Å². The van der Waals surface area contributed by atoms with Crippen LogP contribution < -0.4 is 5.32 Å². The number of amides is 1. The summed E-state index contributed by atoms with van der Waals surface area (Å²) in [4.78, 5) is 38.7. The third kappa shape index (κ3) is 3.98. The van der Waals surface area contributed by atoms with E-state index in [1.807, 2.05) is 24.3 Å². The predicted octanol–water partition coefficient (Wildman–Crippen LogP) is 2.01. The first-order valence-corrected chi connectivity index (χ1v) is 8.93. The van der Waals surface area contributed by atoms with Crippen LogP contribution in [0.1, 0.15) is 21.5 Å². The van der Waals surface area contributed by atoms with Gasteiger partial charge in [-0.25, -0.2) is 9.59 Å². The average molecular weight is 382 g/mol. The molecule has 1 amide bonds. The monoisotopic (exact) mass is 382 g/mol. The molecule has 146 valence electrons. The van der Waals surface area contributed by atoms with Crippen molar-refractivity contribution >= 4 is 23.5 Å². The molecule has 1 aliphatic heterocycles. The summed E-state index contributed by atoms with van der Waals surface area (Å²) in [6.07, 6.45) is 0.366. The molecule has 28 heavy (non-hydrogen) atoms. The molecule has 0 unspecified atom stereocenters. The Morgan fingerprint density at radius 2 is 1.75 bits per heavy atom. The minimum atomic E-state index is -0.740. The van der Waals surface area contributed by atoms with Crippen LogP contribution >= 0.6 is 0 Å². The molecule has 0 aliphatic carbocycles. The van der Waals surface area contributed by atoms with Crippen molar-refractivity contribution in [2.24, 2.45) is 0 Å². The first-order valence-electron chi connectivity index (χ1n) is 8.93. The molecule has 0 fully saturated rings. The van der Waals surface area contributed by atoms with Gasteiger partial charge in [0.15, 0.2) is 6.61 Å². The number of anilines is 1. The summed E-state index contributed by atoms with van der Waals surface area (Å²) in [5, 5.41) is 2.91. The van der Waals surface area contributed by atoms with Gasteiger partial charge in [0, 0.05) is 25.7 Å². The molecule has 7 nitrogen and oxygen atoms in total. The van der Waals surface area contributed by atoms with E-state index < -0.39 is 30.5 Å². The summed E-state index contributed by atoms with van der Waals surface area (Å²) in [5.41, 5.74) is 2.91. The summed E-state index contributed by atoms with van der Waals surface area (Å²) in [5.74, 6) is -1.54. The lowest BCUT2D eigenvalue weighted by molar-refractivity contribution is -0.155. The number of benzene rings is 2. The second kappa shape index (κ2) is 8.56. The molecule has 0 spiro atoms. The van der Waals surface area contributed by atoms with Crippen molar-refractivity contribution in [3.8, 4) is 0 Å². The first kappa shape index (κ1) is 19.4. The third-order valence-electron chi connectivity index (χ3n) is 4.79. The highest BCUT2D eigenvalue weighted by molar-refractivity contribution is 5.97. The Bertz CT molecular complexity index is 896. The van der Waals surface area contributed by atoms with E-state index >= 15 is 0 Å². The predicted molar refractivity (Wildman–Crippen MR) is 103 cm³/mol. The Morgan fingerprint density at radius 3 is 2.46 bits per heavy atom. The fourth-order valence-electron chi connectivity index (χ4n) is 3.30. The van der Waals surface area contributed by atoms with E-state index in [1.54, 1.807) is 31.3 Å². The van der Waals surface area contributed by atoms with Crippen LogP contribution in [0.2, 0.25) is 0 Å². The second-order valence-corrected chi connectivity index (χ2v) is 6.41. The van der Waals surface area contributed by atoms with Crippen molar-refractivity contribution < 1.29 is 23.9 Å².